The van der Waals surface area contributed by atoms with E-state index in [2.05, 4.69) is 0 Å². The van der Waals surface area contributed by atoms with E-state index in [0.29, 0.717) is 10.9 Å². The second kappa shape index (κ2) is 5.46. The zero-order valence-corrected chi connectivity index (χ0v) is 9.88. The number of likely N-dealkylation sites (N-methyl/N-ethyl adjacent to an activating group) is 1. The molecule has 0 aliphatic carbocycles. The Morgan fingerprint density at radius 3 is 2.87 bits per heavy atom. The molecule has 0 saturated heterocycles. The molecule has 1 amide bonds. The van der Waals surface area contributed by atoms with Crippen molar-refractivity contribution >= 4 is 28.8 Å². The van der Waals surface area contributed by atoms with E-state index < -0.39 is 6.10 Å². The minimum Gasteiger partial charge on any atom is -0.382 e. The van der Waals surface area contributed by atoms with Crippen LogP contribution < -0.4 is 5.73 Å². The van der Waals surface area contributed by atoms with Gasteiger partial charge in [-0.25, -0.2) is 0 Å². The number of amides is 1. The average Bonchev–Trinajstić information content (AvgIpc) is 2.61. The summed E-state index contributed by atoms with van der Waals surface area (Å²) in [5.74, 6) is -0.373. The Morgan fingerprint density at radius 2 is 2.40 bits per heavy atom. The Labute approximate surface area is 97.3 Å². The van der Waals surface area contributed by atoms with Crippen molar-refractivity contribution < 1.29 is 9.90 Å². The first-order valence-corrected chi connectivity index (χ1v) is 5.61. The number of halogens is 1. The van der Waals surface area contributed by atoms with E-state index in [-0.39, 0.29) is 12.5 Å². The fourth-order valence-electron chi connectivity index (χ4n) is 1.10. The third-order valence-corrected chi connectivity index (χ3v) is 3.12. The number of carbonyl (C=O) groups is 1. The van der Waals surface area contributed by atoms with Crippen LogP contribution in [0.25, 0.3) is 0 Å². The second-order valence-electron chi connectivity index (χ2n) is 3.15. The van der Waals surface area contributed by atoms with Gasteiger partial charge in [0, 0.05) is 18.5 Å². The lowest BCUT2D eigenvalue weighted by atomic mass is 10.3. The van der Waals surface area contributed by atoms with Crippen molar-refractivity contribution in [2.24, 2.45) is 5.73 Å². The van der Waals surface area contributed by atoms with Crippen molar-refractivity contribution in [1.82, 2.24) is 4.90 Å². The molecule has 3 N–H and O–H groups in total. The van der Waals surface area contributed by atoms with E-state index in [1.807, 2.05) is 6.07 Å². The maximum Gasteiger partial charge on any atom is 0.252 e. The number of nitrogens with two attached hydrogens (primary N) is 1. The number of nitrogens with zero attached hydrogens (tertiary/aromatic N) is 1. The summed E-state index contributed by atoms with van der Waals surface area (Å²) in [6, 6.07) is 3.63. The van der Waals surface area contributed by atoms with Crippen LogP contribution in [0.5, 0.6) is 0 Å². The van der Waals surface area contributed by atoms with Gasteiger partial charge in [0.05, 0.1) is 10.9 Å². The molecule has 1 unspecified atom stereocenters. The predicted molar refractivity (Wildman–Crippen MR) is 60.9 cm³/mol. The Kier molecular flexibility index (Phi) is 4.53. The molecule has 84 valence electrons. The molecule has 1 heterocycles. The fraction of sp³-hybridized carbons (Fsp3) is 0.444. The van der Waals surface area contributed by atoms with Gasteiger partial charge in [-0.2, -0.15) is 0 Å². The van der Waals surface area contributed by atoms with Crippen molar-refractivity contribution in [1.29, 1.82) is 0 Å². The maximum atomic E-state index is 11.5. The van der Waals surface area contributed by atoms with Crippen LogP contribution in [-0.4, -0.2) is 35.6 Å². The predicted octanol–water partition coefficient (Wildman–Crippen LogP) is 0.679. The molecule has 6 heteroatoms. The van der Waals surface area contributed by atoms with E-state index in [4.69, 9.17) is 17.3 Å². The highest BCUT2D eigenvalue weighted by atomic mass is 35.5. The lowest BCUT2D eigenvalue weighted by Crippen LogP contribution is -2.39. The highest BCUT2D eigenvalue weighted by Crippen LogP contribution is 2.22. The van der Waals surface area contributed by atoms with Crippen molar-refractivity contribution in [3.05, 3.63) is 21.3 Å². The monoisotopic (exact) mass is 248 g/mol. The van der Waals surface area contributed by atoms with Gasteiger partial charge in [0.25, 0.3) is 5.91 Å². The third-order valence-electron chi connectivity index (χ3n) is 1.91. The first-order valence-electron chi connectivity index (χ1n) is 4.42. The van der Waals surface area contributed by atoms with Crippen LogP contribution in [0.1, 0.15) is 4.88 Å². The molecule has 1 aromatic rings. The van der Waals surface area contributed by atoms with Crippen LogP contribution in [-0.2, 0) is 11.3 Å². The lowest BCUT2D eigenvalue weighted by molar-refractivity contribution is -0.138. The molecule has 15 heavy (non-hydrogen) atoms. The zero-order valence-electron chi connectivity index (χ0n) is 8.31. The smallest absolute Gasteiger partial charge is 0.252 e. The van der Waals surface area contributed by atoms with Gasteiger partial charge < -0.3 is 15.7 Å². The quantitative estimate of drug-likeness (QED) is 0.824. The number of rotatable bonds is 4. The largest absolute Gasteiger partial charge is 0.382 e. The molecule has 0 saturated carbocycles. The maximum absolute atomic E-state index is 11.5. The molecule has 0 bridgehead atoms. The minimum absolute atomic E-state index is 0.0611. The molecule has 0 fully saturated rings. The Bertz CT molecular complexity index is 343. The summed E-state index contributed by atoms with van der Waals surface area (Å²) < 4.78 is 0.685. The second-order valence-corrected chi connectivity index (χ2v) is 4.95. The molecule has 1 atom stereocenters. The third kappa shape index (κ3) is 3.46. The van der Waals surface area contributed by atoms with Crippen molar-refractivity contribution in [3.63, 3.8) is 0 Å². The number of hydrogen-bond donors (Lipinski definition) is 2. The molecular formula is C9H13ClN2O2S. The number of aliphatic hydroxyl groups excluding tert-OH is 1. The van der Waals surface area contributed by atoms with Gasteiger partial charge in [0.2, 0.25) is 0 Å². The Morgan fingerprint density at radius 1 is 1.73 bits per heavy atom. The molecule has 0 aromatic carbocycles. The average molecular weight is 249 g/mol. The van der Waals surface area contributed by atoms with E-state index in [1.165, 1.54) is 16.2 Å². The van der Waals surface area contributed by atoms with E-state index in [9.17, 15) is 9.90 Å². The molecule has 1 rings (SSSR count). The number of aliphatic hydroxyl groups is 1. The first kappa shape index (κ1) is 12.4. The minimum atomic E-state index is -1.12. The molecule has 0 aliphatic rings. The van der Waals surface area contributed by atoms with Crippen molar-refractivity contribution in [3.8, 4) is 0 Å². The summed E-state index contributed by atoms with van der Waals surface area (Å²) in [5, 5.41) is 9.24. The van der Waals surface area contributed by atoms with E-state index >= 15 is 0 Å². The fourth-order valence-corrected chi connectivity index (χ4v) is 2.24. The van der Waals surface area contributed by atoms with Gasteiger partial charge in [-0.05, 0) is 12.1 Å². The molecule has 0 aliphatic heterocycles. The highest BCUT2D eigenvalue weighted by molar-refractivity contribution is 7.16. The number of hydrogen-bond acceptors (Lipinski definition) is 4. The molecule has 4 nitrogen and oxygen atoms in total. The van der Waals surface area contributed by atoms with Crippen LogP contribution in [0.2, 0.25) is 4.34 Å². The standard InChI is InChI=1S/C9H13ClN2O2S/c1-12(9(14)7(13)4-11)5-6-2-3-8(10)15-6/h2-3,7,13H,4-5,11H2,1H3. The van der Waals surface area contributed by atoms with Crippen LogP contribution >= 0.6 is 22.9 Å². The van der Waals surface area contributed by atoms with Crippen LogP contribution in [0.4, 0.5) is 0 Å². The van der Waals surface area contributed by atoms with E-state index in [0.717, 1.165) is 4.88 Å². The van der Waals surface area contributed by atoms with Gasteiger partial charge in [0.1, 0.15) is 6.10 Å². The van der Waals surface area contributed by atoms with Gasteiger partial charge in [0.15, 0.2) is 0 Å². The topological polar surface area (TPSA) is 66.6 Å². The summed E-state index contributed by atoms with van der Waals surface area (Å²) in [4.78, 5) is 13.9. The molecule has 0 radical (unpaired) electrons. The summed E-state index contributed by atoms with van der Waals surface area (Å²) in [7, 11) is 1.62. The summed E-state index contributed by atoms with van der Waals surface area (Å²) in [6.45, 7) is 0.377. The SMILES string of the molecule is CN(Cc1ccc(Cl)s1)C(=O)C(O)CN. The highest BCUT2D eigenvalue weighted by Gasteiger charge is 2.18. The first-order chi connectivity index (χ1) is 7.04. The van der Waals surface area contributed by atoms with Crippen molar-refractivity contribution in [2.45, 2.75) is 12.6 Å². The number of thiophene rings is 1. The van der Waals surface area contributed by atoms with Crippen LogP contribution in [0.3, 0.4) is 0 Å². The molecule has 1 aromatic heterocycles. The van der Waals surface area contributed by atoms with Gasteiger partial charge in [-0.1, -0.05) is 11.6 Å². The van der Waals surface area contributed by atoms with Crippen molar-refractivity contribution in [2.75, 3.05) is 13.6 Å². The van der Waals surface area contributed by atoms with Gasteiger partial charge in [-0.15, -0.1) is 11.3 Å². The molecule has 0 spiro atoms. The lowest BCUT2D eigenvalue weighted by Gasteiger charge is -2.18. The summed E-state index contributed by atoms with van der Waals surface area (Å²) >= 11 is 7.17. The van der Waals surface area contributed by atoms with Gasteiger partial charge in [-0.3, -0.25) is 4.79 Å². The number of carbonyl (C=O) groups excluding carboxylic acids is 1. The normalized spacial score (nSPS) is 12.5. The summed E-state index contributed by atoms with van der Waals surface area (Å²) in [5.41, 5.74) is 5.19. The molecular weight excluding hydrogens is 236 g/mol. The zero-order chi connectivity index (χ0) is 11.4. The Balaban J connectivity index is 2.55. The summed E-state index contributed by atoms with van der Waals surface area (Å²) in [6.07, 6.45) is -1.12. The van der Waals surface area contributed by atoms with Gasteiger partial charge >= 0.3 is 0 Å². The van der Waals surface area contributed by atoms with Crippen LogP contribution in [0, 0.1) is 0 Å². The Hall–Kier alpha value is -0.620. The van der Waals surface area contributed by atoms with E-state index in [1.54, 1.807) is 13.1 Å². The van der Waals surface area contributed by atoms with Crippen LogP contribution in [0.15, 0.2) is 12.1 Å².